The number of rotatable bonds is 2. The van der Waals surface area contributed by atoms with Crippen molar-refractivity contribution in [1.82, 2.24) is 4.98 Å². The molecule has 0 aliphatic heterocycles. The van der Waals surface area contributed by atoms with Crippen molar-refractivity contribution in [2.45, 2.75) is 0 Å². The van der Waals surface area contributed by atoms with E-state index in [0.29, 0.717) is 5.56 Å². The summed E-state index contributed by atoms with van der Waals surface area (Å²) in [7, 11) is 0. The van der Waals surface area contributed by atoms with Gasteiger partial charge in [0.15, 0.2) is 6.29 Å². The summed E-state index contributed by atoms with van der Waals surface area (Å²) in [5, 5.41) is 0.985. The molecule has 1 aromatic heterocycles. The van der Waals surface area contributed by atoms with Gasteiger partial charge in [-0.2, -0.15) is 0 Å². The number of hydrogen-bond donors (Lipinski definition) is 0. The number of benzene rings is 2. The van der Waals surface area contributed by atoms with Crippen LogP contribution in [0.5, 0.6) is 0 Å². The summed E-state index contributed by atoms with van der Waals surface area (Å²) in [5.74, 6) is 0. The fourth-order valence-electron chi connectivity index (χ4n) is 2.05. The lowest BCUT2D eigenvalue weighted by Crippen LogP contribution is -1.92. The molecule has 0 radical (unpaired) electrons. The van der Waals surface area contributed by atoms with E-state index in [2.05, 4.69) is 4.98 Å². The average Bonchev–Trinajstić information content (AvgIpc) is 2.46. The minimum absolute atomic E-state index is 0.625. The van der Waals surface area contributed by atoms with E-state index < -0.39 is 0 Å². The van der Waals surface area contributed by atoms with E-state index in [0.717, 1.165) is 28.4 Å². The Morgan fingerprint density at radius 2 is 1.61 bits per heavy atom. The standard InChI is InChI=1S/C16H11NO/c18-11-14-10-13-8-4-5-9-15(13)17-16(14)12-6-2-1-3-7-12/h1-11H. The number of fused-ring (bicyclic) bond motifs is 1. The van der Waals surface area contributed by atoms with Gasteiger partial charge in [0.25, 0.3) is 0 Å². The number of carbonyl (C=O) groups excluding carboxylic acids is 1. The lowest BCUT2D eigenvalue weighted by molar-refractivity contribution is 0.112. The molecular formula is C16H11NO. The van der Waals surface area contributed by atoms with Crippen LogP contribution in [0.25, 0.3) is 22.2 Å². The molecule has 2 heteroatoms. The summed E-state index contributed by atoms with van der Waals surface area (Å²) in [5.41, 5.74) is 3.23. The van der Waals surface area contributed by atoms with Crippen molar-refractivity contribution in [1.29, 1.82) is 0 Å². The van der Waals surface area contributed by atoms with E-state index in [1.54, 1.807) is 0 Å². The van der Waals surface area contributed by atoms with Crippen molar-refractivity contribution in [3.8, 4) is 11.3 Å². The monoisotopic (exact) mass is 233 g/mol. The van der Waals surface area contributed by atoms with Crippen LogP contribution < -0.4 is 0 Å². The minimum atomic E-state index is 0.625. The van der Waals surface area contributed by atoms with Gasteiger partial charge >= 0.3 is 0 Å². The molecule has 1 heterocycles. The van der Waals surface area contributed by atoms with Crippen LogP contribution in [0.4, 0.5) is 0 Å². The van der Waals surface area contributed by atoms with E-state index in [1.165, 1.54) is 0 Å². The topological polar surface area (TPSA) is 30.0 Å². The molecule has 0 N–H and O–H groups in total. The maximum atomic E-state index is 11.2. The molecule has 3 rings (SSSR count). The molecule has 2 aromatic carbocycles. The number of pyridine rings is 1. The van der Waals surface area contributed by atoms with Gasteiger partial charge in [-0.1, -0.05) is 48.5 Å². The Morgan fingerprint density at radius 3 is 2.39 bits per heavy atom. The summed E-state index contributed by atoms with van der Waals surface area (Å²) < 4.78 is 0. The molecule has 18 heavy (non-hydrogen) atoms. The molecule has 0 spiro atoms. The number of para-hydroxylation sites is 1. The summed E-state index contributed by atoms with van der Waals surface area (Å²) >= 11 is 0. The molecule has 3 aromatic rings. The van der Waals surface area contributed by atoms with Crippen LogP contribution in [-0.4, -0.2) is 11.3 Å². The lowest BCUT2D eigenvalue weighted by Gasteiger charge is -2.06. The second-order valence-electron chi connectivity index (χ2n) is 4.10. The molecule has 0 atom stereocenters. The van der Waals surface area contributed by atoms with Crippen LogP contribution in [0, 0.1) is 0 Å². The molecule has 0 unspecified atom stereocenters. The zero-order valence-corrected chi connectivity index (χ0v) is 9.71. The maximum Gasteiger partial charge on any atom is 0.152 e. The van der Waals surface area contributed by atoms with E-state index in [9.17, 15) is 4.79 Å². The highest BCUT2D eigenvalue weighted by Crippen LogP contribution is 2.24. The normalized spacial score (nSPS) is 10.4. The Kier molecular flexibility index (Phi) is 2.61. The Hall–Kier alpha value is -2.48. The Morgan fingerprint density at radius 1 is 0.889 bits per heavy atom. The van der Waals surface area contributed by atoms with Crippen molar-refractivity contribution < 1.29 is 4.79 Å². The summed E-state index contributed by atoms with van der Waals surface area (Å²) in [6, 6.07) is 19.5. The van der Waals surface area contributed by atoms with Gasteiger partial charge in [0.1, 0.15) is 0 Å². The van der Waals surface area contributed by atoms with Crippen molar-refractivity contribution in [3.05, 3.63) is 66.2 Å². The highest BCUT2D eigenvalue weighted by Gasteiger charge is 2.07. The SMILES string of the molecule is O=Cc1cc2ccccc2nc1-c1ccccc1. The molecule has 2 nitrogen and oxygen atoms in total. The van der Waals surface area contributed by atoms with Crippen LogP contribution in [-0.2, 0) is 0 Å². The fraction of sp³-hybridized carbons (Fsp3) is 0. The third kappa shape index (κ3) is 1.78. The Labute approximate surface area is 105 Å². The number of carbonyl (C=O) groups is 1. The van der Waals surface area contributed by atoms with Gasteiger partial charge in [0.2, 0.25) is 0 Å². The maximum absolute atomic E-state index is 11.2. The van der Waals surface area contributed by atoms with Gasteiger partial charge in [0.05, 0.1) is 11.2 Å². The van der Waals surface area contributed by atoms with Crippen molar-refractivity contribution in [3.63, 3.8) is 0 Å². The van der Waals surface area contributed by atoms with Crippen LogP contribution in [0.1, 0.15) is 10.4 Å². The van der Waals surface area contributed by atoms with Gasteiger partial charge in [0, 0.05) is 16.5 Å². The molecule has 0 aliphatic rings. The van der Waals surface area contributed by atoms with E-state index in [1.807, 2.05) is 60.7 Å². The molecule has 86 valence electrons. The summed E-state index contributed by atoms with van der Waals surface area (Å²) in [6.45, 7) is 0. The van der Waals surface area contributed by atoms with Crippen LogP contribution in [0.15, 0.2) is 60.7 Å². The lowest BCUT2D eigenvalue weighted by atomic mass is 10.0. The molecule has 0 fully saturated rings. The molecular weight excluding hydrogens is 222 g/mol. The fourth-order valence-corrected chi connectivity index (χ4v) is 2.05. The zero-order valence-electron chi connectivity index (χ0n) is 9.71. The Bertz CT molecular complexity index is 705. The van der Waals surface area contributed by atoms with Crippen LogP contribution in [0.2, 0.25) is 0 Å². The third-order valence-corrected chi connectivity index (χ3v) is 2.93. The van der Waals surface area contributed by atoms with Crippen LogP contribution >= 0.6 is 0 Å². The first-order valence-electron chi connectivity index (χ1n) is 5.79. The van der Waals surface area contributed by atoms with Crippen molar-refractivity contribution in [2.24, 2.45) is 0 Å². The predicted octanol–water partition coefficient (Wildman–Crippen LogP) is 3.71. The largest absolute Gasteiger partial charge is 0.298 e. The predicted molar refractivity (Wildman–Crippen MR) is 72.6 cm³/mol. The number of nitrogens with zero attached hydrogens (tertiary/aromatic N) is 1. The third-order valence-electron chi connectivity index (χ3n) is 2.93. The molecule has 0 bridgehead atoms. The van der Waals surface area contributed by atoms with E-state index in [-0.39, 0.29) is 0 Å². The first-order chi connectivity index (χ1) is 8.88. The van der Waals surface area contributed by atoms with Crippen molar-refractivity contribution >= 4 is 17.2 Å². The van der Waals surface area contributed by atoms with E-state index >= 15 is 0 Å². The quantitative estimate of drug-likeness (QED) is 0.631. The highest BCUT2D eigenvalue weighted by molar-refractivity contribution is 5.93. The summed E-state index contributed by atoms with van der Waals surface area (Å²) in [6.07, 6.45) is 0.863. The molecule has 0 aliphatic carbocycles. The Balaban J connectivity index is 2.31. The molecule has 0 saturated heterocycles. The molecule has 0 amide bonds. The first kappa shape index (κ1) is 10.7. The number of aromatic nitrogens is 1. The van der Waals surface area contributed by atoms with Gasteiger partial charge in [-0.05, 0) is 12.1 Å². The van der Waals surface area contributed by atoms with E-state index in [4.69, 9.17) is 0 Å². The second-order valence-corrected chi connectivity index (χ2v) is 4.10. The van der Waals surface area contributed by atoms with Crippen molar-refractivity contribution in [2.75, 3.05) is 0 Å². The summed E-state index contributed by atoms with van der Waals surface area (Å²) in [4.78, 5) is 15.8. The number of hydrogen-bond acceptors (Lipinski definition) is 2. The van der Waals surface area contributed by atoms with Gasteiger partial charge in [-0.15, -0.1) is 0 Å². The smallest absolute Gasteiger partial charge is 0.152 e. The minimum Gasteiger partial charge on any atom is -0.298 e. The highest BCUT2D eigenvalue weighted by atomic mass is 16.1. The van der Waals surface area contributed by atoms with Gasteiger partial charge in [-0.3, -0.25) is 4.79 Å². The van der Waals surface area contributed by atoms with Gasteiger partial charge < -0.3 is 0 Å². The van der Waals surface area contributed by atoms with Crippen LogP contribution in [0.3, 0.4) is 0 Å². The molecule has 0 saturated carbocycles. The second kappa shape index (κ2) is 4.41. The zero-order chi connectivity index (χ0) is 12.4. The average molecular weight is 233 g/mol. The van der Waals surface area contributed by atoms with Gasteiger partial charge in [-0.25, -0.2) is 4.98 Å². The first-order valence-corrected chi connectivity index (χ1v) is 5.79. The number of aldehydes is 1.